The fourth-order valence-corrected chi connectivity index (χ4v) is 2.64. The van der Waals surface area contributed by atoms with Crippen molar-refractivity contribution >= 4 is 45.6 Å². The predicted octanol–water partition coefficient (Wildman–Crippen LogP) is 3.68. The highest BCUT2D eigenvalue weighted by atomic mass is 35.5. The fourth-order valence-electron chi connectivity index (χ4n) is 1.54. The molecule has 1 amide bonds. The summed E-state index contributed by atoms with van der Waals surface area (Å²) in [5.74, 6) is -0.366. The molecule has 0 saturated heterocycles. The molecule has 0 atom stereocenters. The molecule has 0 bridgehead atoms. The van der Waals surface area contributed by atoms with Crippen molar-refractivity contribution in [1.29, 1.82) is 0 Å². The van der Waals surface area contributed by atoms with Gasteiger partial charge in [-0.3, -0.25) is 10.1 Å². The molecule has 2 rings (SSSR count). The normalized spacial score (nSPS) is 10.6. The molecule has 2 aromatic rings. The second-order valence-corrected chi connectivity index (χ2v) is 5.93. The van der Waals surface area contributed by atoms with Gasteiger partial charge >= 0.3 is 0 Å². The molecular weight excluding hydrogens is 333 g/mol. The Morgan fingerprint density at radius 2 is 2.19 bits per heavy atom. The SMILES string of the molecule is CCOCCc1nnc(NC(=O)c2cc(Cl)ccc2Cl)s1. The van der Waals surface area contributed by atoms with Crippen molar-refractivity contribution in [2.75, 3.05) is 18.5 Å². The number of nitrogens with zero attached hydrogens (tertiary/aromatic N) is 2. The highest BCUT2D eigenvalue weighted by Gasteiger charge is 2.13. The maximum Gasteiger partial charge on any atom is 0.259 e. The molecule has 0 radical (unpaired) electrons. The molecule has 0 aliphatic heterocycles. The molecule has 1 N–H and O–H groups in total. The minimum atomic E-state index is -0.366. The number of hydrogen-bond acceptors (Lipinski definition) is 5. The van der Waals surface area contributed by atoms with Gasteiger partial charge in [-0.05, 0) is 25.1 Å². The zero-order chi connectivity index (χ0) is 15.2. The van der Waals surface area contributed by atoms with Crippen LogP contribution in [-0.4, -0.2) is 29.3 Å². The molecule has 0 aliphatic rings. The minimum Gasteiger partial charge on any atom is -0.381 e. The van der Waals surface area contributed by atoms with Crippen LogP contribution in [-0.2, 0) is 11.2 Å². The van der Waals surface area contributed by atoms with Crippen molar-refractivity contribution in [3.8, 4) is 0 Å². The average molecular weight is 346 g/mol. The van der Waals surface area contributed by atoms with Crippen LogP contribution in [0.15, 0.2) is 18.2 Å². The van der Waals surface area contributed by atoms with Gasteiger partial charge in [-0.1, -0.05) is 34.5 Å². The van der Waals surface area contributed by atoms with Crippen LogP contribution >= 0.6 is 34.5 Å². The molecule has 5 nitrogen and oxygen atoms in total. The number of aromatic nitrogens is 2. The van der Waals surface area contributed by atoms with Gasteiger partial charge in [0.25, 0.3) is 5.91 Å². The van der Waals surface area contributed by atoms with E-state index in [2.05, 4.69) is 15.5 Å². The molecular formula is C13H13Cl2N3O2S. The van der Waals surface area contributed by atoms with E-state index in [1.807, 2.05) is 6.92 Å². The monoisotopic (exact) mass is 345 g/mol. The van der Waals surface area contributed by atoms with Gasteiger partial charge in [-0.15, -0.1) is 10.2 Å². The highest BCUT2D eigenvalue weighted by molar-refractivity contribution is 7.15. The number of carbonyl (C=O) groups is 1. The van der Waals surface area contributed by atoms with Gasteiger partial charge in [0, 0.05) is 18.1 Å². The van der Waals surface area contributed by atoms with Gasteiger partial charge in [0.2, 0.25) is 5.13 Å². The second-order valence-electron chi connectivity index (χ2n) is 4.03. The predicted molar refractivity (Wildman–Crippen MR) is 84.5 cm³/mol. The molecule has 0 unspecified atom stereocenters. The standard InChI is InChI=1S/C13H13Cl2N3O2S/c1-2-20-6-5-11-17-18-13(21-11)16-12(19)9-7-8(14)3-4-10(9)15/h3-4,7H,2,5-6H2,1H3,(H,16,18,19). The molecule has 1 aromatic carbocycles. The summed E-state index contributed by atoms with van der Waals surface area (Å²) in [6.45, 7) is 3.18. The number of carbonyl (C=O) groups excluding carboxylic acids is 1. The zero-order valence-electron chi connectivity index (χ0n) is 11.2. The first-order valence-electron chi connectivity index (χ1n) is 6.26. The van der Waals surface area contributed by atoms with Crippen LogP contribution < -0.4 is 5.32 Å². The number of nitrogens with one attached hydrogen (secondary N) is 1. The van der Waals surface area contributed by atoms with E-state index in [1.165, 1.54) is 17.4 Å². The largest absolute Gasteiger partial charge is 0.381 e. The van der Waals surface area contributed by atoms with Crippen LogP contribution in [0, 0.1) is 0 Å². The molecule has 0 saturated carbocycles. The van der Waals surface area contributed by atoms with Crippen LogP contribution in [0.5, 0.6) is 0 Å². The van der Waals surface area contributed by atoms with E-state index in [0.29, 0.717) is 40.4 Å². The van der Waals surface area contributed by atoms with Gasteiger partial charge < -0.3 is 4.74 Å². The first kappa shape index (κ1) is 16.2. The molecule has 21 heavy (non-hydrogen) atoms. The first-order chi connectivity index (χ1) is 10.1. The molecule has 112 valence electrons. The van der Waals surface area contributed by atoms with Gasteiger partial charge in [0.15, 0.2) is 0 Å². The molecule has 0 spiro atoms. The van der Waals surface area contributed by atoms with Crippen LogP contribution in [0.2, 0.25) is 10.0 Å². The van der Waals surface area contributed by atoms with E-state index in [0.717, 1.165) is 5.01 Å². The van der Waals surface area contributed by atoms with Crippen molar-refractivity contribution in [3.05, 3.63) is 38.8 Å². The lowest BCUT2D eigenvalue weighted by atomic mass is 10.2. The van der Waals surface area contributed by atoms with Gasteiger partial charge in [-0.25, -0.2) is 0 Å². The number of hydrogen-bond donors (Lipinski definition) is 1. The molecule has 0 fully saturated rings. The Morgan fingerprint density at radius 3 is 2.95 bits per heavy atom. The molecule has 8 heteroatoms. The lowest BCUT2D eigenvalue weighted by Gasteiger charge is -2.03. The molecule has 1 aromatic heterocycles. The third kappa shape index (κ3) is 4.64. The number of anilines is 1. The average Bonchev–Trinajstić information content (AvgIpc) is 2.89. The van der Waals surface area contributed by atoms with Gasteiger partial charge in [0.05, 0.1) is 17.2 Å². The smallest absolute Gasteiger partial charge is 0.259 e. The summed E-state index contributed by atoms with van der Waals surface area (Å²) < 4.78 is 5.25. The van der Waals surface area contributed by atoms with Crippen LogP contribution in [0.25, 0.3) is 0 Å². The van der Waals surface area contributed by atoms with E-state index in [9.17, 15) is 4.79 Å². The second kappa shape index (κ2) is 7.70. The summed E-state index contributed by atoms with van der Waals surface area (Å²) in [6, 6.07) is 4.71. The number of benzene rings is 1. The topological polar surface area (TPSA) is 64.1 Å². The quantitative estimate of drug-likeness (QED) is 0.811. The number of ether oxygens (including phenoxy) is 1. The summed E-state index contributed by atoms with van der Waals surface area (Å²) in [6.07, 6.45) is 0.666. The van der Waals surface area contributed by atoms with E-state index in [1.54, 1.807) is 12.1 Å². The Bertz CT molecular complexity index is 634. The van der Waals surface area contributed by atoms with E-state index < -0.39 is 0 Å². The summed E-state index contributed by atoms with van der Waals surface area (Å²) in [5, 5.41) is 12.6. The van der Waals surface area contributed by atoms with Gasteiger partial charge in [-0.2, -0.15) is 0 Å². The Kier molecular flexibility index (Phi) is 5.93. The summed E-state index contributed by atoms with van der Waals surface area (Å²) in [7, 11) is 0. The summed E-state index contributed by atoms with van der Waals surface area (Å²) >= 11 is 13.1. The summed E-state index contributed by atoms with van der Waals surface area (Å²) in [5.41, 5.74) is 0.301. The number of halogens is 2. The van der Waals surface area contributed by atoms with Crippen LogP contribution in [0.1, 0.15) is 22.3 Å². The fraction of sp³-hybridized carbons (Fsp3) is 0.308. The lowest BCUT2D eigenvalue weighted by molar-refractivity contribution is 0.102. The van der Waals surface area contributed by atoms with Crippen LogP contribution in [0.4, 0.5) is 5.13 Å². The van der Waals surface area contributed by atoms with Crippen molar-refractivity contribution < 1.29 is 9.53 Å². The minimum absolute atomic E-state index is 0.301. The Balaban J connectivity index is 2.01. The van der Waals surface area contributed by atoms with Crippen molar-refractivity contribution in [2.45, 2.75) is 13.3 Å². The Morgan fingerprint density at radius 1 is 1.38 bits per heavy atom. The van der Waals surface area contributed by atoms with E-state index >= 15 is 0 Å². The van der Waals surface area contributed by atoms with Crippen molar-refractivity contribution in [2.24, 2.45) is 0 Å². The third-order valence-electron chi connectivity index (χ3n) is 2.52. The van der Waals surface area contributed by atoms with Crippen molar-refractivity contribution in [1.82, 2.24) is 10.2 Å². The maximum atomic E-state index is 12.1. The van der Waals surface area contributed by atoms with E-state index in [4.69, 9.17) is 27.9 Å². The van der Waals surface area contributed by atoms with Crippen LogP contribution in [0.3, 0.4) is 0 Å². The molecule has 1 heterocycles. The van der Waals surface area contributed by atoms with E-state index in [-0.39, 0.29) is 5.91 Å². The third-order valence-corrected chi connectivity index (χ3v) is 3.99. The lowest BCUT2D eigenvalue weighted by Crippen LogP contribution is -2.12. The number of rotatable bonds is 6. The Hall–Kier alpha value is -1.21. The highest BCUT2D eigenvalue weighted by Crippen LogP contribution is 2.23. The first-order valence-corrected chi connectivity index (χ1v) is 7.84. The van der Waals surface area contributed by atoms with Crippen molar-refractivity contribution in [3.63, 3.8) is 0 Å². The van der Waals surface area contributed by atoms with Gasteiger partial charge in [0.1, 0.15) is 5.01 Å². The zero-order valence-corrected chi connectivity index (χ0v) is 13.6. The maximum absolute atomic E-state index is 12.1. The Labute approximate surface area is 136 Å². The summed E-state index contributed by atoms with van der Waals surface area (Å²) in [4.78, 5) is 12.1. The number of amides is 1. The molecule has 0 aliphatic carbocycles.